The van der Waals surface area contributed by atoms with Crippen LogP contribution in [0, 0.1) is 0 Å². The molecule has 2 amide bonds. The first-order valence-electron chi connectivity index (χ1n) is 9.15. The molecule has 27 heavy (non-hydrogen) atoms. The lowest BCUT2D eigenvalue weighted by atomic mass is 9.84. The Kier molecular flexibility index (Phi) is 4.39. The number of hydrogen-bond donors (Lipinski definition) is 3. The second-order valence-electron chi connectivity index (χ2n) is 6.82. The molecule has 1 spiro atoms. The smallest absolute Gasteiger partial charge is 0.256 e. The number of para-hydroxylation sites is 2. The lowest BCUT2D eigenvalue weighted by Gasteiger charge is -2.44. The van der Waals surface area contributed by atoms with Crippen LogP contribution in [0.15, 0.2) is 36.7 Å². The van der Waals surface area contributed by atoms with Gasteiger partial charge in [0, 0.05) is 32.0 Å². The van der Waals surface area contributed by atoms with Gasteiger partial charge in [0.15, 0.2) is 0 Å². The molecule has 0 radical (unpaired) electrons. The van der Waals surface area contributed by atoms with E-state index in [1.54, 1.807) is 17.3 Å². The van der Waals surface area contributed by atoms with Crippen LogP contribution in [0.25, 0.3) is 0 Å². The van der Waals surface area contributed by atoms with Crippen LogP contribution in [0.5, 0.6) is 0 Å². The lowest BCUT2D eigenvalue weighted by molar-refractivity contribution is -0.122. The number of nitrogens with zero attached hydrogens (tertiary/aromatic N) is 3. The molecule has 0 atom stereocenters. The predicted octanol–water partition coefficient (Wildman–Crippen LogP) is 1.95. The Bertz CT molecular complexity index is 859. The van der Waals surface area contributed by atoms with E-state index in [1.165, 1.54) is 0 Å². The van der Waals surface area contributed by atoms with Crippen molar-refractivity contribution in [2.75, 3.05) is 35.6 Å². The summed E-state index contributed by atoms with van der Waals surface area (Å²) in [4.78, 5) is 35.5. The van der Waals surface area contributed by atoms with E-state index in [2.05, 4.69) is 25.9 Å². The van der Waals surface area contributed by atoms with Gasteiger partial charge < -0.3 is 20.9 Å². The number of hydrogen-bond acceptors (Lipinski definition) is 6. The van der Waals surface area contributed by atoms with Crippen molar-refractivity contribution in [2.45, 2.75) is 25.3 Å². The number of piperidine rings is 1. The predicted molar refractivity (Wildman–Crippen MR) is 103 cm³/mol. The maximum Gasteiger partial charge on any atom is 0.256 e. The van der Waals surface area contributed by atoms with Crippen LogP contribution in [0.1, 0.15) is 30.1 Å². The minimum absolute atomic E-state index is 0.0355. The quantitative estimate of drug-likeness (QED) is 0.768. The Balaban J connectivity index is 1.44. The second-order valence-corrected chi connectivity index (χ2v) is 6.82. The Labute approximate surface area is 157 Å². The SMILES string of the molecule is CCNc1ncc(C(=O)N2CCC3(CC2)Nc2ccccc2NC3=O)cn1. The highest BCUT2D eigenvalue weighted by atomic mass is 16.2. The van der Waals surface area contributed by atoms with Crippen molar-refractivity contribution in [3.8, 4) is 0 Å². The second kappa shape index (κ2) is 6.86. The van der Waals surface area contributed by atoms with E-state index >= 15 is 0 Å². The minimum Gasteiger partial charge on any atom is -0.369 e. The van der Waals surface area contributed by atoms with E-state index in [4.69, 9.17) is 0 Å². The normalized spacial score (nSPS) is 17.7. The van der Waals surface area contributed by atoms with Crippen LogP contribution in [-0.2, 0) is 4.79 Å². The summed E-state index contributed by atoms with van der Waals surface area (Å²) < 4.78 is 0. The number of likely N-dealkylation sites (tertiary alicyclic amines) is 1. The zero-order chi connectivity index (χ0) is 18.9. The number of amides is 2. The molecule has 0 saturated carbocycles. The van der Waals surface area contributed by atoms with Gasteiger partial charge in [-0.25, -0.2) is 9.97 Å². The number of carbonyl (C=O) groups excluding carboxylic acids is 2. The topological polar surface area (TPSA) is 99.3 Å². The first-order chi connectivity index (χ1) is 13.1. The number of rotatable bonds is 3. The van der Waals surface area contributed by atoms with Crippen molar-refractivity contribution in [1.82, 2.24) is 14.9 Å². The number of fused-ring (bicyclic) bond motifs is 1. The van der Waals surface area contributed by atoms with Crippen LogP contribution in [-0.4, -0.2) is 51.9 Å². The molecule has 140 valence electrons. The Morgan fingerprint density at radius 2 is 1.85 bits per heavy atom. The Morgan fingerprint density at radius 3 is 2.52 bits per heavy atom. The van der Waals surface area contributed by atoms with Gasteiger partial charge in [-0.1, -0.05) is 12.1 Å². The molecule has 0 unspecified atom stereocenters. The van der Waals surface area contributed by atoms with Gasteiger partial charge in [0.05, 0.1) is 16.9 Å². The van der Waals surface area contributed by atoms with E-state index in [9.17, 15) is 9.59 Å². The fourth-order valence-electron chi connectivity index (χ4n) is 3.57. The number of aromatic nitrogens is 2. The highest BCUT2D eigenvalue weighted by Crippen LogP contribution is 2.36. The van der Waals surface area contributed by atoms with E-state index < -0.39 is 5.54 Å². The molecular formula is C19H22N6O2. The molecule has 2 aromatic rings. The molecule has 2 aliphatic rings. The molecule has 3 heterocycles. The fourth-order valence-corrected chi connectivity index (χ4v) is 3.57. The van der Waals surface area contributed by atoms with E-state index in [0.717, 1.165) is 17.9 Å². The summed E-state index contributed by atoms with van der Waals surface area (Å²) in [5.41, 5.74) is 1.50. The van der Waals surface area contributed by atoms with Crippen molar-refractivity contribution in [3.63, 3.8) is 0 Å². The van der Waals surface area contributed by atoms with Crippen molar-refractivity contribution >= 4 is 29.1 Å². The van der Waals surface area contributed by atoms with Gasteiger partial charge in [-0.05, 0) is 31.9 Å². The van der Waals surface area contributed by atoms with Crippen LogP contribution in [0.2, 0.25) is 0 Å². The van der Waals surface area contributed by atoms with Crippen molar-refractivity contribution < 1.29 is 9.59 Å². The maximum atomic E-state index is 12.7. The van der Waals surface area contributed by atoms with Crippen LogP contribution in [0.3, 0.4) is 0 Å². The average molecular weight is 366 g/mol. The van der Waals surface area contributed by atoms with Gasteiger partial charge in [-0.3, -0.25) is 9.59 Å². The van der Waals surface area contributed by atoms with Gasteiger partial charge in [0.25, 0.3) is 5.91 Å². The largest absolute Gasteiger partial charge is 0.369 e. The average Bonchev–Trinajstić information content (AvgIpc) is 2.70. The molecule has 0 bridgehead atoms. The molecular weight excluding hydrogens is 344 g/mol. The molecule has 4 rings (SSSR count). The number of benzene rings is 1. The summed E-state index contributed by atoms with van der Waals surface area (Å²) in [6.07, 6.45) is 4.18. The number of nitrogens with one attached hydrogen (secondary N) is 3. The zero-order valence-corrected chi connectivity index (χ0v) is 15.2. The van der Waals surface area contributed by atoms with Gasteiger partial charge in [-0.2, -0.15) is 0 Å². The monoisotopic (exact) mass is 366 g/mol. The molecule has 1 aromatic carbocycles. The molecule has 1 fully saturated rings. The molecule has 0 aliphatic carbocycles. The first-order valence-corrected chi connectivity index (χ1v) is 9.15. The van der Waals surface area contributed by atoms with Crippen LogP contribution < -0.4 is 16.0 Å². The van der Waals surface area contributed by atoms with Gasteiger partial charge >= 0.3 is 0 Å². The Morgan fingerprint density at radius 1 is 1.19 bits per heavy atom. The minimum atomic E-state index is -0.670. The summed E-state index contributed by atoms with van der Waals surface area (Å²) in [6, 6.07) is 7.66. The third kappa shape index (κ3) is 3.18. The van der Waals surface area contributed by atoms with Crippen molar-refractivity contribution in [1.29, 1.82) is 0 Å². The molecule has 1 aromatic heterocycles. The van der Waals surface area contributed by atoms with E-state index in [1.807, 2.05) is 31.2 Å². The van der Waals surface area contributed by atoms with E-state index in [0.29, 0.717) is 37.4 Å². The third-order valence-electron chi connectivity index (χ3n) is 5.12. The lowest BCUT2D eigenvalue weighted by Crippen LogP contribution is -2.59. The molecule has 1 saturated heterocycles. The highest BCUT2D eigenvalue weighted by Gasteiger charge is 2.45. The summed E-state index contributed by atoms with van der Waals surface area (Å²) in [7, 11) is 0. The number of anilines is 3. The first kappa shape index (κ1) is 17.3. The summed E-state index contributed by atoms with van der Waals surface area (Å²) in [5, 5.41) is 9.39. The Hall–Kier alpha value is -3.16. The standard InChI is InChI=1S/C19H22N6O2/c1-2-20-18-21-11-13(12-22-18)16(26)25-9-7-19(8-10-25)17(27)23-14-5-3-4-6-15(14)24-19/h3-6,11-12,24H,2,7-10H2,1H3,(H,23,27)(H,20,21,22). The van der Waals surface area contributed by atoms with E-state index in [-0.39, 0.29) is 11.8 Å². The molecule has 3 N–H and O–H groups in total. The summed E-state index contributed by atoms with van der Waals surface area (Å²) in [6.45, 7) is 3.67. The third-order valence-corrected chi connectivity index (χ3v) is 5.12. The van der Waals surface area contributed by atoms with Crippen LogP contribution >= 0.6 is 0 Å². The van der Waals surface area contributed by atoms with Crippen molar-refractivity contribution in [2.24, 2.45) is 0 Å². The van der Waals surface area contributed by atoms with Gasteiger partial charge in [0.1, 0.15) is 5.54 Å². The number of carbonyl (C=O) groups is 2. The van der Waals surface area contributed by atoms with Gasteiger partial charge in [0.2, 0.25) is 11.9 Å². The maximum absolute atomic E-state index is 12.7. The van der Waals surface area contributed by atoms with Crippen LogP contribution in [0.4, 0.5) is 17.3 Å². The molecule has 8 nitrogen and oxygen atoms in total. The fraction of sp³-hybridized carbons (Fsp3) is 0.368. The van der Waals surface area contributed by atoms with Crippen molar-refractivity contribution in [3.05, 3.63) is 42.2 Å². The molecule has 2 aliphatic heterocycles. The summed E-state index contributed by atoms with van der Waals surface area (Å²) in [5.74, 6) is 0.365. The molecule has 8 heteroatoms. The zero-order valence-electron chi connectivity index (χ0n) is 15.2. The van der Waals surface area contributed by atoms with Gasteiger partial charge in [-0.15, -0.1) is 0 Å². The highest BCUT2D eigenvalue weighted by molar-refractivity contribution is 6.06. The summed E-state index contributed by atoms with van der Waals surface area (Å²) >= 11 is 0.